The number of benzene rings is 2. The number of anilines is 1. The Morgan fingerprint density at radius 3 is 2.39 bits per heavy atom. The minimum absolute atomic E-state index is 0.0324. The third-order valence-electron chi connectivity index (χ3n) is 4.00. The van der Waals surface area contributed by atoms with Gasteiger partial charge in [-0.1, -0.05) is 12.1 Å². The molecule has 2 aromatic carbocycles. The lowest BCUT2D eigenvalue weighted by Gasteiger charge is -2.19. The van der Waals surface area contributed by atoms with Gasteiger partial charge in [-0.05, 0) is 55.0 Å². The van der Waals surface area contributed by atoms with Crippen molar-refractivity contribution in [1.29, 1.82) is 0 Å². The van der Waals surface area contributed by atoms with Crippen molar-refractivity contribution in [2.24, 2.45) is 5.14 Å². The number of carbonyl (C=O) groups is 1. The van der Waals surface area contributed by atoms with Crippen LogP contribution in [-0.2, 0) is 10.3 Å². The number of furan rings is 1. The largest absolute Gasteiger partial charge is 0.451 e. The van der Waals surface area contributed by atoms with Crippen LogP contribution in [0.25, 0.3) is 11.3 Å². The van der Waals surface area contributed by atoms with Crippen LogP contribution in [0.5, 0.6) is 5.75 Å². The quantitative estimate of drug-likeness (QED) is 0.703. The van der Waals surface area contributed by atoms with E-state index in [4.69, 9.17) is 9.56 Å². The molecule has 0 aliphatic heterocycles. The second kappa shape index (κ2) is 7.45. The van der Waals surface area contributed by atoms with Crippen LogP contribution >= 0.6 is 0 Å². The zero-order valence-electron chi connectivity index (χ0n) is 15.0. The van der Waals surface area contributed by atoms with Gasteiger partial charge in [-0.25, -0.2) is 4.39 Å². The molecule has 3 rings (SSSR count). The number of aryl methyl sites for hydroxylation is 1. The monoisotopic (exact) mass is 404 g/mol. The topological polar surface area (TPSA) is 103 Å². The lowest BCUT2D eigenvalue weighted by molar-refractivity contribution is 0.0966. The molecule has 2 N–H and O–H groups in total. The van der Waals surface area contributed by atoms with E-state index in [1.54, 1.807) is 37.3 Å². The third kappa shape index (κ3) is 4.21. The van der Waals surface area contributed by atoms with E-state index in [0.717, 1.165) is 0 Å². The van der Waals surface area contributed by atoms with Crippen molar-refractivity contribution in [3.8, 4) is 17.1 Å². The van der Waals surface area contributed by atoms with E-state index in [1.165, 1.54) is 36.2 Å². The Labute approximate surface area is 161 Å². The van der Waals surface area contributed by atoms with E-state index in [2.05, 4.69) is 4.18 Å². The average molecular weight is 404 g/mol. The molecule has 0 saturated heterocycles. The molecule has 0 saturated carbocycles. The minimum Gasteiger partial charge on any atom is -0.451 e. The number of carbonyl (C=O) groups excluding carboxylic acids is 1. The fourth-order valence-corrected chi connectivity index (χ4v) is 3.11. The fourth-order valence-electron chi connectivity index (χ4n) is 2.73. The van der Waals surface area contributed by atoms with E-state index in [9.17, 15) is 17.6 Å². The van der Waals surface area contributed by atoms with Gasteiger partial charge in [0.25, 0.3) is 5.91 Å². The van der Waals surface area contributed by atoms with E-state index < -0.39 is 22.0 Å². The maximum Gasteiger partial charge on any atom is 0.380 e. The first-order valence-corrected chi connectivity index (χ1v) is 9.58. The molecule has 0 atom stereocenters. The molecule has 7 nitrogen and oxygen atoms in total. The first-order chi connectivity index (χ1) is 13.2. The van der Waals surface area contributed by atoms with Crippen molar-refractivity contribution in [3.05, 3.63) is 71.7 Å². The van der Waals surface area contributed by atoms with Crippen LogP contribution in [0, 0.1) is 12.7 Å². The van der Waals surface area contributed by atoms with Crippen LogP contribution in [0.4, 0.5) is 10.1 Å². The molecule has 0 radical (unpaired) electrons. The zero-order valence-corrected chi connectivity index (χ0v) is 15.9. The summed E-state index contributed by atoms with van der Waals surface area (Å²) in [6, 6.07) is 13.5. The van der Waals surface area contributed by atoms with Crippen LogP contribution in [0.15, 0.2) is 59.0 Å². The predicted octanol–water partition coefficient (Wildman–Crippen LogP) is 3.25. The number of nitrogens with two attached hydrogens (primary N) is 1. The van der Waals surface area contributed by atoms with Crippen LogP contribution in [0.2, 0.25) is 0 Å². The van der Waals surface area contributed by atoms with Crippen LogP contribution in [0.3, 0.4) is 0 Å². The third-order valence-corrected chi connectivity index (χ3v) is 4.42. The van der Waals surface area contributed by atoms with E-state index in [-0.39, 0.29) is 17.2 Å². The number of hydrogen-bond acceptors (Lipinski definition) is 5. The molecule has 0 fully saturated rings. The van der Waals surface area contributed by atoms with Crippen molar-refractivity contribution >= 4 is 21.9 Å². The lowest BCUT2D eigenvalue weighted by atomic mass is 10.1. The second-order valence-corrected chi connectivity index (χ2v) is 7.19. The average Bonchev–Trinajstić information content (AvgIpc) is 3.10. The Balaban J connectivity index is 1.83. The van der Waals surface area contributed by atoms with Crippen molar-refractivity contribution < 1.29 is 26.2 Å². The molecule has 3 aromatic rings. The molecule has 0 spiro atoms. The Bertz CT molecular complexity index is 1100. The summed E-state index contributed by atoms with van der Waals surface area (Å²) in [6.45, 7) is 1.71. The molecule has 146 valence electrons. The zero-order chi connectivity index (χ0) is 20.5. The predicted molar refractivity (Wildman–Crippen MR) is 102 cm³/mol. The number of para-hydroxylation sites is 1. The molecule has 0 aliphatic carbocycles. The molecule has 0 bridgehead atoms. The normalized spacial score (nSPS) is 11.3. The number of hydrogen-bond donors (Lipinski definition) is 1. The summed E-state index contributed by atoms with van der Waals surface area (Å²) in [6.07, 6.45) is 0. The van der Waals surface area contributed by atoms with Gasteiger partial charge in [0.15, 0.2) is 5.76 Å². The molecule has 9 heteroatoms. The van der Waals surface area contributed by atoms with Gasteiger partial charge in [0.1, 0.15) is 17.3 Å². The van der Waals surface area contributed by atoms with E-state index >= 15 is 0 Å². The van der Waals surface area contributed by atoms with Crippen molar-refractivity contribution in [2.75, 3.05) is 11.9 Å². The molecule has 0 unspecified atom stereocenters. The fraction of sp³-hybridized carbons (Fsp3) is 0.105. The number of nitrogens with zero attached hydrogens (tertiary/aromatic N) is 1. The highest BCUT2D eigenvalue weighted by atomic mass is 32.2. The Morgan fingerprint density at radius 2 is 1.79 bits per heavy atom. The summed E-state index contributed by atoms with van der Waals surface area (Å²) in [5, 5.41) is 4.81. The van der Waals surface area contributed by atoms with Gasteiger partial charge < -0.3 is 13.5 Å². The Hall–Kier alpha value is -3.17. The van der Waals surface area contributed by atoms with Gasteiger partial charge in [0.2, 0.25) is 0 Å². The maximum absolute atomic E-state index is 14.1. The Kier molecular flexibility index (Phi) is 5.21. The molecule has 1 heterocycles. The summed E-state index contributed by atoms with van der Waals surface area (Å²) in [7, 11) is -2.64. The summed E-state index contributed by atoms with van der Waals surface area (Å²) in [5.41, 5.74) is 1.38. The number of halogens is 1. The van der Waals surface area contributed by atoms with Crippen LogP contribution < -0.4 is 14.2 Å². The molecule has 0 aliphatic rings. The van der Waals surface area contributed by atoms with Crippen LogP contribution in [-0.4, -0.2) is 21.4 Å². The standard InChI is InChI=1S/C19H17FN2O5S/c1-12-4-3-5-15(20)18(12)22(2)19(23)17-11-10-16(26-17)13-6-8-14(9-7-13)27-28(21,24)25/h3-11H,1-2H3,(H2,21,24,25). The van der Waals surface area contributed by atoms with Crippen molar-refractivity contribution in [1.82, 2.24) is 0 Å². The number of rotatable bonds is 5. The van der Waals surface area contributed by atoms with Gasteiger partial charge in [-0.15, -0.1) is 0 Å². The van der Waals surface area contributed by atoms with E-state index in [0.29, 0.717) is 16.9 Å². The van der Waals surface area contributed by atoms with Gasteiger partial charge in [-0.3, -0.25) is 4.79 Å². The lowest BCUT2D eigenvalue weighted by Crippen LogP contribution is -2.27. The van der Waals surface area contributed by atoms with Gasteiger partial charge >= 0.3 is 10.3 Å². The smallest absolute Gasteiger partial charge is 0.380 e. The Morgan fingerprint density at radius 1 is 1.11 bits per heavy atom. The van der Waals surface area contributed by atoms with Gasteiger partial charge in [0.05, 0.1) is 5.69 Å². The highest BCUT2D eigenvalue weighted by Crippen LogP contribution is 2.28. The summed E-state index contributed by atoms with van der Waals surface area (Å²) in [4.78, 5) is 13.9. The summed E-state index contributed by atoms with van der Waals surface area (Å²) < 4.78 is 46.1. The molecular weight excluding hydrogens is 387 g/mol. The van der Waals surface area contributed by atoms with Gasteiger partial charge in [0, 0.05) is 12.6 Å². The van der Waals surface area contributed by atoms with E-state index in [1.807, 2.05) is 0 Å². The molecule has 1 aromatic heterocycles. The molecule has 28 heavy (non-hydrogen) atoms. The van der Waals surface area contributed by atoms with Crippen molar-refractivity contribution in [3.63, 3.8) is 0 Å². The maximum atomic E-state index is 14.1. The molecule has 1 amide bonds. The summed E-state index contributed by atoms with van der Waals surface area (Å²) >= 11 is 0. The van der Waals surface area contributed by atoms with Crippen molar-refractivity contribution in [2.45, 2.75) is 6.92 Å². The highest BCUT2D eigenvalue weighted by molar-refractivity contribution is 7.84. The minimum atomic E-state index is -4.11. The summed E-state index contributed by atoms with van der Waals surface area (Å²) in [5.74, 6) is -0.556. The van der Waals surface area contributed by atoms with Crippen LogP contribution in [0.1, 0.15) is 16.1 Å². The molecular formula is C19H17FN2O5S. The first-order valence-electron chi connectivity index (χ1n) is 8.11. The SMILES string of the molecule is Cc1cccc(F)c1N(C)C(=O)c1ccc(-c2ccc(OS(N)(=O)=O)cc2)o1. The second-order valence-electron chi connectivity index (χ2n) is 6.03. The van der Waals surface area contributed by atoms with Gasteiger partial charge in [-0.2, -0.15) is 13.6 Å². The highest BCUT2D eigenvalue weighted by Gasteiger charge is 2.21. The number of amides is 1. The first kappa shape index (κ1) is 19.6.